The Kier molecular flexibility index (Phi) is 7.98. The number of hydrogen-bond donors (Lipinski definition) is 2. The molecule has 2 N–H and O–H groups in total. The summed E-state index contributed by atoms with van der Waals surface area (Å²) in [7, 11) is 0. The third-order valence-corrected chi connectivity index (χ3v) is 5.75. The summed E-state index contributed by atoms with van der Waals surface area (Å²) in [6, 6.07) is 11.4. The van der Waals surface area contributed by atoms with Gasteiger partial charge in [-0.25, -0.2) is 4.39 Å². The number of aryl methyl sites for hydroxylation is 1. The molecule has 0 aromatic heterocycles. The Morgan fingerprint density at radius 3 is 2.38 bits per heavy atom. The Hall–Kier alpha value is -3.22. The lowest BCUT2D eigenvalue weighted by atomic mass is 9.87. The Morgan fingerprint density at radius 2 is 1.75 bits per heavy atom. The molecular formula is C25H28FNO5. The average Bonchev–Trinajstić information content (AvgIpc) is 2.77. The minimum atomic E-state index is -0.785. The highest BCUT2D eigenvalue weighted by Gasteiger charge is 2.27. The fourth-order valence-corrected chi connectivity index (χ4v) is 3.81. The fraction of sp³-hybridized carbons (Fsp3) is 0.400. The van der Waals surface area contributed by atoms with Crippen LogP contribution in [0.3, 0.4) is 0 Å². The number of ether oxygens (including phenoxy) is 1. The highest BCUT2D eigenvalue weighted by molar-refractivity contribution is 5.96. The zero-order valence-electron chi connectivity index (χ0n) is 18.1. The number of amides is 1. The van der Waals surface area contributed by atoms with Gasteiger partial charge in [0.1, 0.15) is 11.6 Å². The molecule has 0 bridgehead atoms. The number of carbonyl (C=O) groups excluding carboxylic acids is 2. The molecule has 1 amide bonds. The number of rotatable bonds is 9. The third kappa shape index (κ3) is 6.39. The second-order valence-electron chi connectivity index (χ2n) is 8.22. The zero-order chi connectivity index (χ0) is 23.1. The van der Waals surface area contributed by atoms with E-state index in [0.29, 0.717) is 50.0 Å². The van der Waals surface area contributed by atoms with Gasteiger partial charge in [0.15, 0.2) is 5.78 Å². The van der Waals surface area contributed by atoms with Gasteiger partial charge in [0.2, 0.25) is 0 Å². The van der Waals surface area contributed by atoms with E-state index < -0.39 is 11.8 Å². The van der Waals surface area contributed by atoms with Crippen molar-refractivity contribution in [3.8, 4) is 5.75 Å². The highest BCUT2D eigenvalue weighted by Crippen LogP contribution is 2.28. The van der Waals surface area contributed by atoms with Crippen molar-refractivity contribution in [2.75, 3.05) is 6.54 Å². The van der Waals surface area contributed by atoms with Crippen LogP contribution in [-0.4, -0.2) is 35.4 Å². The molecule has 0 radical (unpaired) electrons. The maximum absolute atomic E-state index is 14.5. The minimum Gasteiger partial charge on any atom is -0.490 e. The van der Waals surface area contributed by atoms with Crippen LogP contribution in [0.25, 0.3) is 0 Å². The van der Waals surface area contributed by atoms with Crippen LogP contribution in [0.1, 0.15) is 64.8 Å². The fourth-order valence-electron chi connectivity index (χ4n) is 3.81. The van der Waals surface area contributed by atoms with Crippen LogP contribution in [0.5, 0.6) is 5.75 Å². The van der Waals surface area contributed by atoms with Gasteiger partial charge in [0, 0.05) is 24.6 Å². The van der Waals surface area contributed by atoms with E-state index in [-0.39, 0.29) is 35.7 Å². The summed E-state index contributed by atoms with van der Waals surface area (Å²) < 4.78 is 20.2. The third-order valence-electron chi connectivity index (χ3n) is 5.75. The first-order valence-corrected chi connectivity index (χ1v) is 10.9. The molecule has 0 heterocycles. The number of Topliss-reactive ketones (excluding diaryl/α,β-unsaturated/α-hetero) is 1. The average molecular weight is 441 g/mol. The number of aliphatic carboxylic acids is 1. The van der Waals surface area contributed by atoms with E-state index in [2.05, 4.69) is 5.32 Å². The van der Waals surface area contributed by atoms with Gasteiger partial charge in [-0.15, -0.1) is 0 Å². The van der Waals surface area contributed by atoms with Gasteiger partial charge < -0.3 is 15.2 Å². The molecule has 0 atom stereocenters. The Labute approximate surface area is 186 Å². The number of ketones is 1. The number of carbonyl (C=O) groups is 3. The monoisotopic (exact) mass is 441 g/mol. The lowest BCUT2D eigenvalue weighted by Gasteiger charge is -2.26. The summed E-state index contributed by atoms with van der Waals surface area (Å²) >= 11 is 0. The quantitative estimate of drug-likeness (QED) is 0.440. The van der Waals surface area contributed by atoms with Crippen LogP contribution in [0.2, 0.25) is 0 Å². The van der Waals surface area contributed by atoms with Gasteiger partial charge in [-0.3, -0.25) is 14.4 Å². The number of carboxylic acids is 1. The van der Waals surface area contributed by atoms with E-state index >= 15 is 0 Å². The molecular weight excluding hydrogens is 413 g/mol. The first-order chi connectivity index (χ1) is 15.3. The van der Waals surface area contributed by atoms with Gasteiger partial charge in [-0.1, -0.05) is 17.7 Å². The normalized spacial score (nSPS) is 18.1. The molecule has 3 rings (SSSR count). The van der Waals surface area contributed by atoms with E-state index in [1.807, 2.05) is 19.1 Å². The Bertz CT molecular complexity index is 965. The molecule has 1 saturated carbocycles. The molecule has 170 valence electrons. The summed E-state index contributed by atoms with van der Waals surface area (Å²) in [5.74, 6) is -1.97. The summed E-state index contributed by atoms with van der Waals surface area (Å²) in [5, 5.41) is 11.8. The standard InChI is InChI=1S/C25H28FNO5/c1-16-4-6-17(7-5-16)24(29)27-14-2-3-23(28)21-13-12-20(15-22(21)26)32-19-10-8-18(9-11-19)25(30)31/h4-7,12-13,15,18-19H,2-3,8-11,14H2,1H3,(H,27,29)(H,30,31). The van der Waals surface area contributed by atoms with Crippen molar-refractivity contribution in [2.45, 2.75) is 51.6 Å². The number of halogens is 1. The molecule has 2 aromatic rings. The van der Waals surface area contributed by atoms with E-state index in [4.69, 9.17) is 9.84 Å². The maximum Gasteiger partial charge on any atom is 0.306 e. The van der Waals surface area contributed by atoms with Gasteiger partial charge in [0.05, 0.1) is 17.6 Å². The molecule has 1 aliphatic carbocycles. The Balaban J connectivity index is 1.44. The van der Waals surface area contributed by atoms with Crippen molar-refractivity contribution in [3.63, 3.8) is 0 Å². The summed E-state index contributed by atoms with van der Waals surface area (Å²) in [4.78, 5) is 35.5. The van der Waals surface area contributed by atoms with Gasteiger partial charge in [0.25, 0.3) is 5.91 Å². The van der Waals surface area contributed by atoms with Crippen molar-refractivity contribution < 1.29 is 28.6 Å². The van der Waals surface area contributed by atoms with Crippen LogP contribution in [0, 0.1) is 18.7 Å². The predicted molar refractivity (Wildman–Crippen MR) is 117 cm³/mol. The van der Waals surface area contributed by atoms with Crippen LogP contribution in [0.15, 0.2) is 42.5 Å². The number of hydrogen-bond acceptors (Lipinski definition) is 4. The van der Waals surface area contributed by atoms with E-state index in [9.17, 15) is 18.8 Å². The molecule has 1 aliphatic rings. The molecule has 6 nitrogen and oxygen atoms in total. The smallest absolute Gasteiger partial charge is 0.306 e. The summed E-state index contributed by atoms with van der Waals surface area (Å²) in [5.41, 5.74) is 1.62. The number of benzene rings is 2. The van der Waals surface area contributed by atoms with Crippen molar-refractivity contribution >= 4 is 17.7 Å². The second-order valence-corrected chi connectivity index (χ2v) is 8.22. The first kappa shape index (κ1) is 23.4. The van der Waals surface area contributed by atoms with Crippen molar-refractivity contribution in [2.24, 2.45) is 5.92 Å². The van der Waals surface area contributed by atoms with Crippen LogP contribution in [0.4, 0.5) is 4.39 Å². The molecule has 0 saturated heterocycles. The van der Waals surface area contributed by atoms with Gasteiger partial charge >= 0.3 is 5.97 Å². The molecule has 0 unspecified atom stereocenters. The summed E-state index contributed by atoms with van der Waals surface area (Å²) in [6.45, 7) is 2.26. The Morgan fingerprint density at radius 1 is 1.06 bits per heavy atom. The second kappa shape index (κ2) is 10.9. The van der Waals surface area contributed by atoms with E-state index in [1.165, 1.54) is 12.1 Å². The molecule has 0 spiro atoms. The van der Waals surface area contributed by atoms with Gasteiger partial charge in [-0.05, 0) is 63.3 Å². The van der Waals surface area contributed by atoms with Crippen molar-refractivity contribution in [3.05, 3.63) is 65.0 Å². The summed E-state index contributed by atoms with van der Waals surface area (Å²) in [6.07, 6.45) is 2.66. The number of nitrogens with one attached hydrogen (secondary N) is 1. The lowest BCUT2D eigenvalue weighted by molar-refractivity contribution is -0.143. The molecule has 32 heavy (non-hydrogen) atoms. The van der Waals surface area contributed by atoms with Gasteiger partial charge in [-0.2, -0.15) is 0 Å². The van der Waals surface area contributed by atoms with Crippen LogP contribution in [-0.2, 0) is 4.79 Å². The van der Waals surface area contributed by atoms with E-state index in [0.717, 1.165) is 5.56 Å². The largest absolute Gasteiger partial charge is 0.490 e. The molecule has 7 heteroatoms. The first-order valence-electron chi connectivity index (χ1n) is 10.9. The molecule has 0 aliphatic heterocycles. The van der Waals surface area contributed by atoms with Crippen molar-refractivity contribution in [1.29, 1.82) is 0 Å². The number of carboxylic acid groups (broad SMARTS) is 1. The van der Waals surface area contributed by atoms with Crippen LogP contribution < -0.4 is 10.1 Å². The highest BCUT2D eigenvalue weighted by atomic mass is 19.1. The zero-order valence-corrected chi connectivity index (χ0v) is 18.1. The minimum absolute atomic E-state index is 0.00297. The maximum atomic E-state index is 14.5. The lowest BCUT2D eigenvalue weighted by Crippen LogP contribution is -2.27. The van der Waals surface area contributed by atoms with Crippen LogP contribution >= 0.6 is 0 Å². The molecule has 1 fully saturated rings. The predicted octanol–water partition coefficient (Wildman–Crippen LogP) is 4.55. The van der Waals surface area contributed by atoms with Crippen molar-refractivity contribution in [1.82, 2.24) is 5.32 Å². The van der Waals surface area contributed by atoms with E-state index in [1.54, 1.807) is 18.2 Å². The molecule has 2 aromatic carbocycles. The topological polar surface area (TPSA) is 92.7 Å². The SMILES string of the molecule is Cc1ccc(C(=O)NCCCC(=O)c2ccc(OC3CCC(C(=O)O)CC3)cc2F)cc1.